The third-order valence-electron chi connectivity index (χ3n) is 4.59. The van der Waals surface area contributed by atoms with Gasteiger partial charge in [0.1, 0.15) is 0 Å². The highest BCUT2D eigenvalue weighted by Gasteiger charge is 2.35. The molecule has 0 bridgehead atoms. The topological polar surface area (TPSA) is 118 Å². The molecule has 0 fully saturated rings. The zero-order valence-electron chi connectivity index (χ0n) is 14.3. The van der Waals surface area contributed by atoms with Crippen LogP contribution in [0.1, 0.15) is 26.3 Å². The second-order valence-electron chi connectivity index (χ2n) is 6.34. The number of hydrogen-bond acceptors (Lipinski definition) is 5. The lowest BCUT2D eigenvalue weighted by Gasteiger charge is -2.27. The molecule has 4 rings (SSSR count). The van der Waals surface area contributed by atoms with Crippen LogP contribution in [0.3, 0.4) is 0 Å². The van der Waals surface area contributed by atoms with Gasteiger partial charge in [-0.3, -0.25) is 24.5 Å². The van der Waals surface area contributed by atoms with Crippen molar-refractivity contribution in [2.45, 2.75) is 6.42 Å². The van der Waals surface area contributed by atoms with E-state index in [4.69, 9.17) is 5.11 Å². The molecule has 138 valence electrons. The van der Waals surface area contributed by atoms with Crippen LogP contribution in [0.25, 0.3) is 10.8 Å². The van der Waals surface area contributed by atoms with Gasteiger partial charge in [0.05, 0.1) is 22.6 Å². The van der Waals surface area contributed by atoms with Crippen molar-refractivity contribution in [2.75, 3.05) is 4.90 Å². The number of nitro benzene ring substituents is 1. The van der Waals surface area contributed by atoms with Crippen LogP contribution < -0.4 is 4.90 Å². The molecule has 1 N–H and O–H groups in total. The van der Waals surface area contributed by atoms with Gasteiger partial charge in [-0.1, -0.05) is 24.3 Å². The molecular formula is C20H12N2O6. The number of amides is 2. The van der Waals surface area contributed by atoms with E-state index in [0.717, 1.165) is 4.90 Å². The van der Waals surface area contributed by atoms with Crippen LogP contribution in [0.4, 0.5) is 11.4 Å². The maximum absolute atomic E-state index is 13.0. The first kappa shape index (κ1) is 17.3. The van der Waals surface area contributed by atoms with Gasteiger partial charge in [-0.15, -0.1) is 0 Å². The minimum atomic E-state index is -0.995. The van der Waals surface area contributed by atoms with E-state index in [0.29, 0.717) is 16.3 Å². The third kappa shape index (κ3) is 2.67. The van der Waals surface area contributed by atoms with Crippen molar-refractivity contribution < 1.29 is 24.4 Å². The number of nitrogens with zero attached hydrogens (tertiary/aromatic N) is 2. The molecule has 8 nitrogen and oxygen atoms in total. The van der Waals surface area contributed by atoms with E-state index < -0.39 is 22.7 Å². The molecule has 0 saturated heterocycles. The van der Waals surface area contributed by atoms with Gasteiger partial charge in [-0.2, -0.15) is 0 Å². The quantitative estimate of drug-likeness (QED) is 0.424. The number of non-ortho nitro benzene ring substituents is 1. The first-order chi connectivity index (χ1) is 13.4. The highest BCUT2D eigenvalue weighted by molar-refractivity contribution is 6.36. The van der Waals surface area contributed by atoms with Crippen LogP contribution in [0, 0.1) is 10.1 Å². The number of aliphatic carboxylic acids is 1. The Bertz CT molecular complexity index is 1180. The molecule has 3 aromatic rings. The molecule has 0 spiro atoms. The summed E-state index contributed by atoms with van der Waals surface area (Å²) in [5.41, 5.74) is 0.898. The lowest BCUT2D eigenvalue weighted by atomic mass is 9.93. The Morgan fingerprint density at radius 2 is 1.68 bits per heavy atom. The van der Waals surface area contributed by atoms with Gasteiger partial charge in [0.2, 0.25) is 0 Å². The predicted octanol–water partition coefficient (Wildman–Crippen LogP) is 3.18. The number of carbonyl (C=O) groups is 3. The maximum Gasteiger partial charge on any atom is 0.307 e. The number of rotatable bonds is 4. The van der Waals surface area contributed by atoms with Gasteiger partial charge < -0.3 is 5.11 Å². The molecule has 1 aliphatic heterocycles. The smallest absolute Gasteiger partial charge is 0.307 e. The minimum absolute atomic E-state index is 0.0778. The van der Waals surface area contributed by atoms with Crippen molar-refractivity contribution in [2.24, 2.45) is 0 Å². The summed E-state index contributed by atoms with van der Waals surface area (Å²) in [5.74, 6) is -2.20. The first-order valence-corrected chi connectivity index (χ1v) is 8.27. The van der Waals surface area contributed by atoms with Crippen LogP contribution in [0.5, 0.6) is 0 Å². The lowest BCUT2D eigenvalue weighted by Crippen LogP contribution is -2.40. The summed E-state index contributed by atoms with van der Waals surface area (Å²) in [6.45, 7) is 0. The van der Waals surface area contributed by atoms with E-state index in [1.54, 1.807) is 18.2 Å². The van der Waals surface area contributed by atoms with Gasteiger partial charge in [0.15, 0.2) is 0 Å². The van der Waals surface area contributed by atoms with Gasteiger partial charge in [-0.25, -0.2) is 4.90 Å². The summed E-state index contributed by atoms with van der Waals surface area (Å²) in [4.78, 5) is 48.4. The summed E-state index contributed by atoms with van der Waals surface area (Å²) < 4.78 is 0. The number of imide groups is 1. The van der Waals surface area contributed by atoms with E-state index in [1.165, 1.54) is 36.4 Å². The fourth-order valence-electron chi connectivity index (χ4n) is 3.37. The lowest BCUT2D eigenvalue weighted by molar-refractivity contribution is -0.384. The third-order valence-corrected chi connectivity index (χ3v) is 4.59. The van der Waals surface area contributed by atoms with E-state index in [9.17, 15) is 24.5 Å². The van der Waals surface area contributed by atoms with Crippen LogP contribution >= 0.6 is 0 Å². The number of nitro groups is 1. The van der Waals surface area contributed by atoms with E-state index >= 15 is 0 Å². The minimum Gasteiger partial charge on any atom is -0.481 e. The molecule has 0 atom stereocenters. The Balaban J connectivity index is 1.86. The molecule has 0 saturated carbocycles. The van der Waals surface area contributed by atoms with E-state index in [1.807, 2.05) is 0 Å². The molecule has 8 heteroatoms. The second kappa shape index (κ2) is 6.27. The number of hydrogen-bond donors (Lipinski definition) is 1. The number of anilines is 1. The van der Waals surface area contributed by atoms with Crippen molar-refractivity contribution in [3.8, 4) is 0 Å². The van der Waals surface area contributed by atoms with Gasteiger partial charge in [0.25, 0.3) is 17.5 Å². The first-order valence-electron chi connectivity index (χ1n) is 8.27. The average Bonchev–Trinajstić information content (AvgIpc) is 2.66. The van der Waals surface area contributed by atoms with Crippen molar-refractivity contribution >= 4 is 39.9 Å². The number of carboxylic acids is 1. The molecular weight excluding hydrogens is 364 g/mol. The summed E-state index contributed by atoms with van der Waals surface area (Å²) in [7, 11) is 0. The summed E-state index contributed by atoms with van der Waals surface area (Å²) in [6, 6.07) is 13.3. The van der Waals surface area contributed by atoms with Crippen molar-refractivity contribution in [3.05, 3.63) is 81.4 Å². The molecule has 0 radical (unpaired) electrons. The SMILES string of the molecule is O=C(O)Cc1ccc(N2C(=O)c3cccc4cc([N+](=O)[O-])cc(c34)C2=O)cc1. The molecule has 0 aromatic heterocycles. The maximum atomic E-state index is 13.0. The fraction of sp³-hybridized carbons (Fsp3) is 0.0500. The number of benzene rings is 3. The van der Waals surface area contributed by atoms with Crippen LogP contribution in [-0.2, 0) is 11.2 Å². The monoisotopic (exact) mass is 376 g/mol. The molecule has 2 amide bonds. The zero-order valence-corrected chi connectivity index (χ0v) is 14.3. The van der Waals surface area contributed by atoms with Gasteiger partial charge >= 0.3 is 5.97 Å². The average molecular weight is 376 g/mol. The summed E-state index contributed by atoms with van der Waals surface area (Å²) in [6.07, 6.45) is -0.184. The van der Waals surface area contributed by atoms with Gasteiger partial charge in [-0.05, 0) is 29.1 Å². The predicted molar refractivity (Wildman–Crippen MR) is 99.5 cm³/mol. The number of carboxylic acid groups (broad SMARTS) is 1. The Morgan fingerprint density at radius 1 is 1.00 bits per heavy atom. The Hall–Kier alpha value is -4.07. The van der Waals surface area contributed by atoms with E-state index in [-0.39, 0.29) is 28.9 Å². The highest BCUT2D eigenvalue weighted by Crippen LogP contribution is 2.35. The summed E-state index contributed by atoms with van der Waals surface area (Å²) in [5, 5.41) is 20.9. The zero-order chi connectivity index (χ0) is 20.0. The normalized spacial score (nSPS) is 13.1. The summed E-state index contributed by atoms with van der Waals surface area (Å²) >= 11 is 0. The van der Waals surface area contributed by atoms with Crippen molar-refractivity contribution in [1.29, 1.82) is 0 Å². The van der Waals surface area contributed by atoms with Crippen LogP contribution in [-0.4, -0.2) is 27.8 Å². The molecule has 0 aliphatic carbocycles. The highest BCUT2D eigenvalue weighted by atomic mass is 16.6. The Labute approximate surface area is 157 Å². The molecule has 1 aliphatic rings. The van der Waals surface area contributed by atoms with Crippen LogP contribution in [0.15, 0.2) is 54.6 Å². The van der Waals surface area contributed by atoms with Crippen molar-refractivity contribution in [1.82, 2.24) is 0 Å². The molecule has 3 aromatic carbocycles. The second-order valence-corrected chi connectivity index (χ2v) is 6.34. The van der Waals surface area contributed by atoms with Crippen LogP contribution in [0.2, 0.25) is 0 Å². The molecule has 1 heterocycles. The standard InChI is InChI=1S/C20H12N2O6/c23-17(24)8-11-4-6-13(7-5-11)21-19(25)15-3-1-2-12-9-14(22(27)28)10-16(18(12)15)20(21)26/h1-7,9-10H,8H2,(H,23,24). The Morgan fingerprint density at radius 3 is 2.32 bits per heavy atom. The Kier molecular flexibility index (Phi) is 3.89. The largest absolute Gasteiger partial charge is 0.481 e. The van der Waals surface area contributed by atoms with E-state index in [2.05, 4.69) is 0 Å². The van der Waals surface area contributed by atoms with Crippen molar-refractivity contribution in [3.63, 3.8) is 0 Å². The number of carbonyl (C=O) groups excluding carboxylic acids is 2. The van der Waals surface area contributed by atoms with Gasteiger partial charge in [0, 0.05) is 23.1 Å². The molecule has 0 unspecified atom stereocenters. The molecule has 28 heavy (non-hydrogen) atoms. The fourth-order valence-corrected chi connectivity index (χ4v) is 3.37.